The molecule has 3 rings (SSSR count). The monoisotopic (exact) mass is 187 g/mol. The molecule has 2 nitrogen and oxygen atoms in total. The fraction of sp³-hybridized carbons (Fsp3) is 0.417. The summed E-state index contributed by atoms with van der Waals surface area (Å²) in [6, 6.07) is 0. The summed E-state index contributed by atoms with van der Waals surface area (Å²) in [7, 11) is 0. The summed E-state index contributed by atoms with van der Waals surface area (Å²) in [5, 5.41) is 0. The third kappa shape index (κ3) is 0.788. The van der Waals surface area contributed by atoms with E-state index in [4.69, 9.17) is 0 Å². The molecule has 72 valence electrons. The molecule has 0 aromatic heterocycles. The minimum atomic E-state index is -0.299. The van der Waals surface area contributed by atoms with E-state index in [-0.39, 0.29) is 11.3 Å². The van der Waals surface area contributed by atoms with E-state index < -0.39 is 0 Å². The lowest BCUT2D eigenvalue weighted by Crippen LogP contribution is -2.50. The van der Waals surface area contributed by atoms with Gasteiger partial charge in [0.2, 0.25) is 0 Å². The van der Waals surface area contributed by atoms with Crippen molar-refractivity contribution in [1.82, 2.24) is 4.90 Å². The second kappa shape index (κ2) is 2.59. The summed E-state index contributed by atoms with van der Waals surface area (Å²) >= 11 is 0. The van der Waals surface area contributed by atoms with Gasteiger partial charge in [-0.2, -0.15) is 0 Å². The summed E-state index contributed by atoms with van der Waals surface area (Å²) in [5.41, 5.74) is 1.01. The zero-order valence-corrected chi connectivity index (χ0v) is 8.07. The van der Waals surface area contributed by atoms with Crippen LogP contribution < -0.4 is 0 Å². The standard InChI is InChI=1S/C12H13NO/c14-11-6-9-13-8-3-5-10-4-1-2-7-12(10,11)13/h3,5-6,8-9H,1-2,4,7H2/t12-/m1/s1. The maximum atomic E-state index is 12.0. The van der Waals surface area contributed by atoms with Crippen LogP contribution in [-0.2, 0) is 4.79 Å². The zero-order valence-electron chi connectivity index (χ0n) is 8.07. The molecule has 0 radical (unpaired) electrons. The van der Waals surface area contributed by atoms with E-state index in [1.54, 1.807) is 6.08 Å². The number of rotatable bonds is 0. The zero-order chi connectivity index (χ0) is 9.60. The minimum Gasteiger partial charge on any atom is -0.337 e. The van der Waals surface area contributed by atoms with Gasteiger partial charge in [-0.25, -0.2) is 0 Å². The second-order valence-electron chi connectivity index (χ2n) is 4.19. The Morgan fingerprint density at radius 3 is 3.14 bits per heavy atom. The Balaban J connectivity index is 2.13. The van der Waals surface area contributed by atoms with Gasteiger partial charge in [0.25, 0.3) is 0 Å². The molecule has 1 atom stereocenters. The van der Waals surface area contributed by atoms with E-state index in [0.29, 0.717) is 0 Å². The molecule has 0 amide bonds. The first-order valence-corrected chi connectivity index (χ1v) is 5.23. The molecule has 2 aliphatic heterocycles. The lowest BCUT2D eigenvalue weighted by atomic mass is 9.73. The molecule has 0 aromatic rings. The van der Waals surface area contributed by atoms with Crippen molar-refractivity contribution in [3.8, 4) is 0 Å². The summed E-state index contributed by atoms with van der Waals surface area (Å²) < 4.78 is 0. The average molecular weight is 187 g/mol. The van der Waals surface area contributed by atoms with Crippen molar-refractivity contribution in [3.63, 3.8) is 0 Å². The topological polar surface area (TPSA) is 20.3 Å². The first-order valence-electron chi connectivity index (χ1n) is 5.23. The highest BCUT2D eigenvalue weighted by Crippen LogP contribution is 2.43. The molecule has 14 heavy (non-hydrogen) atoms. The lowest BCUT2D eigenvalue weighted by molar-refractivity contribution is -0.121. The van der Waals surface area contributed by atoms with E-state index in [1.165, 1.54) is 12.0 Å². The molecule has 2 heterocycles. The third-order valence-electron chi connectivity index (χ3n) is 3.54. The molecule has 3 aliphatic rings. The van der Waals surface area contributed by atoms with Crippen LogP contribution in [0.15, 0.2) is 36.2 Å². The molecule has 0 bridgehead atoms. The van der Waals surface area contributed by atoms with Crippen molar-refractivity contribution >= 4 is 5.78 Å². The molecule has 0 aromatic carbocycles. The van der Waals surface area contributed by atoms with Crippen LogP contribution in [0.25, 0.3) is 0 Å². The van der Waals surface area contributed by atoms with E-state index in [2.05, 4.69) is 11.0 Å². The molecule has 0 saturated heterocycles. The Kier molecular flexibility index (Phi) is 1.49. The number of hydrogen-bond donors (Lipinski definition) is 0. The van der Waals surface area contributed by atoms with Crippen molar-refractivity contribution in [2.45, 2.75) is 31.2 Å². The molecule has 1 spiro atoms. The molecule has 1 aliphatic carbocycles. The van der Waals surface area contributed by atoms with Gasteiger partial charge < -0.3 is 4.90 Å². The SMILES string of the molecule is O=C1C=CN2C=CC=C3CCCC[C@]132. The fourth-order valence-electron chi connectivity index (χ4n) is 2.83. The van der Waals surface area contributed by atoms with Crippen LogP contribution in [0.4, 0.5) is 0 Å². The van der Waals surface area contributed by atoms with Crippen molar-refractivity contribution in [3.05, 3.63) is 36.2 Å². The lowest BCUT2D eigenvalue weighted by Gasteiger charge is -2.43. The third-order valence-corrected chi connectivity index (χ3v) is 3.54. The Morgan fingerprint density at radius 2 is 2.21 bits per heavy atom. The molecular formula is C12H13NO. The smallest absolute Gasteiger partial charge is 0.187 e. The number of ketones is 1. The summed E-state index contributed by atoms with van der Waals surface area (Å²) in [6.45, 7) is 0. The van der Waals surface area contributed by atoms with E-state index >= 15 is 0 Å². The van der Waals surface area contributed by atoms with Gasteiger partial charge in [-0.05, 0) is 37.3 Å². The number of allylic oxidation sites excluding steroid dienone is 2. The quantitative estimate of drug-likeness (QED) is 0.579. The van der Waals surface area contributed by atoms with Crippen molar-refractivity contribution in [2.24, 2.45) is 0 Å². The molecule has 1 fully saturated rings. The molecular weight excluding hydrogens is 174 g/mol. The summed E-state index contributed by atoms with van der Waals surface area (Å²) in [6.07, 6.45) is 14.3. The first-order chi connectivity index (χ1) is 6.84. The number of nitrogens with zero attached hydrogens (tertiary/aromatic N) is 1. The maximum Gasteiger partial charge on any atom is 0.187 e. The van der Waals surface area contributed by atoms with Crippen molar-refractivity contribution in [2.75, 3.05) is 0 Å². The fourth-order valence-corrected chi connectivity index (χ4v) is 2.83. The highest BCUT2D eigenvalue weighted by Gasteiger charge is 2.48. The highest BCUT2D eigenvalue weighted by molar-refractivity contribution is 6.03. The highest BCUT2D eigenvalue weighted by atomic mass is 16.1. The van der Waals surface area contributed by atoms with Crippen molar-refractivity contribution in [1.29, 1.82) is 0 Å². The summed E-state index contributed by atoms with van der Waals surface area (Å²) in [4.78, 5) is 14.0. The van der Waals surface area contributed by atoms with Gasteiger partial charge in [0.15, 0.2) is 5.78 Å². The second-order valence-corrected chi connectivity index (χ2v) is 4.19. The largest absolute Gasteiger partial charge is 0.337 e. The Labute approximate surface area is 83.6 Å². The van der Waals surface area contributed by atoms with Gasteiger partial charge in [0.05, 0.1) is 0 Å². The number of hydrogen-bond acceptors (Lipinski definition) is 2. The Hall–Kier alpha value is -1.31. The molecule has 0 N–H and O–H groups in total. The van der Waals surface area contributed by atoms with Crippen LogP contribution >= 0.6 is 0 Å². The van der Waals surface area contributed by atoms with Crippen LogP contribution in [0.5, 0.6) is 0 Å². The Bertz CT molecular complexity index is 378. The molecule has 1 saturated carbocycles. The first kappa shape index (κ1) is 8.04. The Morgan fingerprint density at radius 1 is 1.29 bits per heavy atom. The normalized spacial score (nSPS) is 34.1. The minimum absolute atomic E-state index is 0.271. The van der Waals surface area contributed by atoms with Gasteiger partial charge >= 0.3 is 0 Å². The predicted molar refractivity (Wildman–Crippen MR) is 54.4 cm³/mol. The van der Waals surface area contributed by atoms with E-state index in [0.717, 1.165) is 19.3 Å². The molecule has 0 unspecified atom stereocenters. The van der Waals surface area contributed by atoms with Gasteiger partial charge in [0, 0.05) is 18.5 Å². The average Bonchev–Trinajstić information content (AvgIpc) is 2.55. The summed E-state index contributed by atoms with van der Waals surface area (Å²) in [5.74, 6) is 0.271. The van der Waals surface area contributed by atoms with Crippen LogP contribution in [-0.4, -0.2) is 16.2 Å². The maximum absolute atomic E-state index is 12.0. The van der Waals surface area contributed by atoms with Crippen LogP contribution in [0.3, 0.4) is 0 Å². The van der Waals surface area contributed by atoms with Gasteiger partial charge in [-0.15, -0.1) is 0 Å². The number of carbonyl (C=O) groups is 1. The van der Waals surface area contributed by atoms with E-state index in [9.17, 15) is 4.79 Å². The van der Waals surface area contributed by atoms with Crippen LogP contribution in [0.2, 0.25) is 0 Å². The van der Waals surface area contributed by atoms with E-state index in [1.807, 2.05) is 18.5 Å². The van der Waals surface area contributed by atoms with Gasteiger partial charge in [-0.1, -0.05) is 6.08 Å². The van der Waals surface area contributed by atoms with Crippen molar-refractivity contribution < 1.29 is 4.79 Å². The molecule has 2 heteroatoms. The number of carbonyl (C=O) groups excluding carboxylic acids is 1. The van der Waals surface area contributed by atoms with Crippen LogP contribution in [0.1, 0.15) is 25.7 Å². The van der Waals surface area contributed by atoms with Crippen LogP contribution in [0, 0.1) is 0 Å². The van der Waals surface area contributed by atoms with Gasteiger partial charge in [-0.3, -0.25) is 4.79 Å². The predicted octanol–water partition coefficient (Wildman–Crippen LogP) is 2.15. The van der Waals surface area contributed by atoms with Gasteiger partial charge in [0.1, 0.15) is 5.54 Å².